The number of benzene rings is 1. The van der Waals surface area contributed by atoms with E-state index in [0.717, 1.165) is 48.0 Å². The molecule has 3 rings (SSSR count). The predicted octanol–water partition coefficient (Wildman–Crippen LogP) is 3.47. The van der Waals surface area contributed by atoms with Gasteiger partial charge in [-0.3, -0.25) is 0 Å². The topological polar surface area (TPSA) is 42.4 Å². The summed E-state index contributed by atoms with van der Waals surface area (Å²) in [5, 5.41) is 10.3. The largest absolute Gasteiger partial charge is 0.474 e. The summed E-state index contributed by atoms with van der Waals surface area (Å²) in [5.74, 6) is 1.22. The van der Waals surface area contributed by atoms with E-state index in [9.17, 15) is 5.11 Å². The van der Waals surface area contributed by atoms with E-state index in [1.807, 2.05) is 25.1 Å². The van der Waals surface area contributed by atoms with E-state index in [2.05, 4.69) is 17.1 Å². The molecule has 0 unspecified atom stereocenters. The number of pyridine rings is 1. The first-order valence-corrected chi connectivity index (χ1v) is 7.40. The Morgan fingerprint density at radius 2 is 1.95 bits per heavy atom. The number of aryl methyl sites for hydroxylation is 1. The Bertz CT molecular complexity index is 589. The normalized spacial score (nSPS) is 22.9. The number of para-hydroxylation sites is 1. The van der Waals surface area contributed by atoms with Crippen LogP contribution in [-0.2, 0) is 0 Å². The summed E-state index contributed by atoms with van der Waals surface area (Å²) >= 11 is 0. The van der Waals surface area contributed by atoms with Gasteiger partial charge in [-0.25, -0.2) is 4.98 Å². The van der Waals surface area contributed by atoms with Gasteiger partial charge in [-0.15, -0.1) is 0 Å². The Kier molecular flexibility index (Phi) is 3.88. The van der Waals surface area contributed by atoms with Crippen molar-refractivity contribution in [2.75, 3.05) is 6.61 Å². The van der Waals surface area contributed by atoms with Crippen molar-refractivity contribution < 1.29 is 9.84 Å². The Hall–Kier alpha value is -1.61. The summed E-state index contributed by atoms with van der Waals surface area (Å²) in [7, 11) is 0. The summed E-state index contributed by atoms with van der Waals surface area (Å²) in [4.78, 5) is 4.64. The van der Waals surface area contributed by atoms with E-state index in [0.29, 0.717) is 12.5 Å². The SMILES string of the molecule is Cc1cc2ccccc2nc1OC1CCC(CO)CC1. The average molecular weight is 271 g/mol. The van der Waals surface area contributed by atoms with Crippen molar-refractivity contribution in [2.24, 2.45) is 5.92 Å². The maximum Gasteiger partial charge on any atom is 0.217 e. The summed E-state index contributed by atoms with van der Waals surface area (Å²) in [6.45, 7) is 2.36. The zero-order valence-electron chi connectivity index (χ0n) is 11.9. The second-order valence-electron chi connectivity index (χ2n) is 5.75. The zero-order chi connectivity index (χ0) is 13.9. The number of ether oxygens (including phenoxy) is 1. The van der Waals surface area contributed by atoms with Crippen molar-refractivity contribution in [3.63, 3.8) is 0 Å². The van der Waals surface area contributed by atoms with E-state index < -0.39 is 0 Å². The first kappa shape index (κ1) is 13.4. The number of fused-ring (bicyclic) bond motifs is 1. The molecule has 1 aromatic carbocycles. The molecule has 1 N–H and O–H groups in total. The minimum Gasteiger partial charge on any atom is -0.474 e. The van der Waals surface area contributed by atoms with Crippen LogP contribution in [0.1, 0.15) is 31.2 Å². The third kappa shape index (κ3) is 2.78. The standard InChI is InChI=1S/C17H21NO2/c1-12-10-14-4-2-3-5-16(14)18-17(12)20-15-8-6-13(11-19)7-9-15/h2-5,10,13,15,19H,6-9,11H2,1H3. The molecule has 0 spiro atoms. The second kappa shape index (κ2) is 5.80. The summed E-state index contributed by atoms with van der Waals surface area (Å²) < 4.78 is 6.09. The Morgan fingerprint density at radius 3 is 2.70 bits per heavy atom. The van der Waals surface area contributed by atoms with Gasteiger partial charge in [0.05, 0.1) is 5.52 Å². The van der Waals surface area contributed by atoms with Crippen molar-refractivity contribution in [1.29, 1.82) is 0 Å². The van der Waals surface area contributed by atoms with E-state index in [1.54, 1.807) is 0 Å². The van der Waals surface area contributed by atoms with Crippen LogP contribution in [0.2, 0.25) is 0 Å². The van der Waals surface area contributed by atoms with Crippen molar-refractivity contribution >= 4 is 10.9 Å². The fraction of sp³-hybridized carbons (Fsp3) is 0.471. The summed E-state index contributed by atoms with van der Waals surface area (Å²) in [6, 6.07) is 10.3. The molecule has 1 aliphatic rings. The maximum absolute atomic E-state index is 9.18. The maximum atomic E-state index is 9.18. The molecule has 0 amide bonds. The van der Waals surface area contributed by atoms with Crippen LogP contribution < -0.4 is 4.74 Å². The molecule has 2 aromatic rings. The molecule has 0 aliphatic heterocycles. The average Bonchev–Trinajstić information content (AvgIpc) is 2.49. The van der Waals surface area contributed by atoms with Crippen LogP contribution in [0.5, 0.6) is 5.88 Å². The van der Waals surface area contributed by atoms with Crippen LogP contribution in [0.25, 0.3) is 10.9 Å². The van der Waals surface area contributed by atoms with Crippen LogP contribution in [0, 0.1) is 12.8 Å². The third-order valence-electron chi connectivity index (χ3n) is 4.20. The minimum atomic E-state index is 0.241. The zero-order valence-corrected chi connectivity index (χ0v) is 11.9. The third-order valence-corrected chi connectivity index (χ3v) is 4.20. The molecule has 1 aliphatic carbocycles. The molecule has 3 nitrogen and oxygen atoms in total. The first-order valence-electron chi connectivity index (χ1n) is 7.40. The lowest BCUT2D eigenvalue weighted by Crippen LogP contribution is -2.26. The van der Waals surface area contributed by atoms with Crippen LogP contribution >= 0.6 is 0 Å². The van der Waals surface area contributed by atoms with Gasteiger partial charge < -0.3 is 9.84 Å². The highest BCUT2D eigenvalue weighted by Gasteiger charge is 2.22. The van der Waals surface area contributed by atoms with Gasteiger partial charge in [0.15, 0.2) is 0 Å². The van der Waals surface area contributed by atoms with Gasteiger partial charge in [0, 0.05) is 17.6 Å². The highest BCUT2D eigenvalue weighted by molar-refractivity contribution is 5.79. The number of aromatic nitrogens is 1. The molecule has 1 heterocycles. The van der Waals surface area contributed by atoms with Crippen molar-refractivity contribution in [1.82, 2.24) is 4.98 Å². The number of aliphatic hydroxyl groups is 1. The number of nitrogens with zero attached hydrogens (tertiary/aromatic N) is 1. The van der Waals surface area contributed by atoms with Gasteiger partial charge >= 0.3 is 0 Å². The number of hydrogen-bond donors (Lipinski definition) is 1. The van der Waals surface area contributed by atoms with Crippen molar-refractivity contribution in [2.45, 2.75) is 38.7 Å². The molecule has 0 atom stereocenters. The second-order valence-corrected chi connectivity index (χ2v) is 5.75. The molecule has 3 heteroatoms. The van der Waals surface area contributed by atoms with E-state index in [-0.39, 0.29) is 6.10 Å². The lowest BCUT2D eigenvalue weighted by molar-refractivity contribution is 0.100. The highest BCUT2D eigenvalue weighted by Crippen LogP contribution is 2.29. The predicted molar refractivity (Wildman–Crippen MR) is 79.9 cm³/mol. The highest BCUT2D eigenvalue weighted by atomic mass is 16.5. The van der Waals surface area contributed by atoms with Gasteiger partial charge in [-0.2, -0.15) is 0 Å². The Labute approximate surface area is 119 Å². The molecule has 0 bridgehead atoms. The van der Waals surface area contributed by atoms with Crippen LogP contribution in [0.15, 0.2) is 30.3 Å². The number of hydrogen-bond acceptors (Lipinski definition) is 3. The van der Waals surface area contributed by atoms with Crippen LogP contribution in [-0.4, -0.2) is 22.8 Å². The van der Waals surface area contributed by atoms with Gasteiger partial charge in [0.1, 0.15) is 6.10 Å². The molecular formula is C17H21NO2. The molecule has 0 saturated heterocycles. The molecule has 1 fully saturated rings. The Morgan fingerprint density at radius 1 is 1.20 bits per heavy atom. The minimum absolute atomic E-state index is 0.241. The van der Waals surface area contributed by atoms with Gasteiger partial charge in [-0.05, 0) is 50.7 Å². The van der Waals surface area contributed by atoms with Gasteiger partial charge in [-0.1, -0.05) is 18.2 Å². The molecule has 1 saturated carbocycles. The monoisotopic (exact) mass is 271 g/mol. The van der Waals surface area contributed by atoms with E-state index in [1.165, 1.54) is 0 Å². The molecular weight excluding hydrogens is 250 g/mol. The lowest BCUT2D eigenvalue weighted by Gasteiger charge is -2.28. The van der Waals surface area contributed by atoms with Crippen molar-refractivity contribution in [3.05, 3.63) is 35.9 Å². The van der Waals surface area contributed by atoms with Crippen LogP contribution in [0.3, 0.4) is 0 Å². The fourth-order valence-corrected chi connectivity index (χ4v) is 2.91. The van der Waals surface area contributed by atoms with Gasteiger partial charge in [0.2, 0.25) is 5.88 Å². The number of aliphatic hydroxyl groups excluding tert-OH is 1. The summed E-state index contributed by atoms with van der Waals surface area (Å²) in [5.41, 5.74) is 2.07. The fourth-order valence-electron chi connectivity index (χ4n) is 2.91. The molecule has 0 radical (unpaired) electrons. The first-order chi connectivity index (χ1) is 9.76. The van der Waals surface area contributed by atoms with E-state index >= 15 is 0 Å². The molecule has 106 valence electrons. The van der Waals surface area contributed by atoms with Crippen molar-refractivity contribution in [3.8, 4) is 5.88 Å². The lowest BCUT2D eigenvalue weighted by atomic mass is 9.88. The molecule has 20 heavy (non-hydrogen) atoms. The molecule has 1 aromatic heterocycles. The quantitative estimate of drug-likeness (QED) is 0.929. The number of rotatable bonds is 3. The van der Waals surface area contributed by atoms with Gasteiger partial charge in [0.25, 0.3) is 0 Å². The Balaban J connectivity index is 1.76. The van der Waals surface area contributed by atoms with Crippen LogP contribution in [0.4, 0.5) is 0 Å². The smallest absolute Gasteiger partial charge is 0.217 e. The van der Waals surface area contributed by atoms with E-state index in [4.69, 9.17) is 4.74 Å². The summed E-state index contributed by atoms with van der Waals surface area (Å²) in [6.07, 6.45) is 4.37.